The molecule has 90 valence electrons. The van der Waals surface area contributed by atoms with Crippen LogP contribution in [-0.2, 0) is 0 Å². The van der Waals surface area contributed by atoms with Gasteiger partial charge in [0.15, 0.2) is 1.41 Å². The Morgan fingerprint density at radius 2 is 2.24 bits per heavy atom. The van der Waals surface area contributed by atoms with Crippen molar-refractivity contribution in [3.05, 3.63) is 34.4 Å². The molecule has 1 saturated heterocycles. The molecular formula is C12H14FN3O. The average molecular weight is 239 g/mol. The highest BCUT2D eigenvalue weighted by Gasteiger charge is 2.19. The molecule has 2 N–H and O–H groups in total. The van der Waals surface area contributed by atoms with Crippen molar-refractivity contribution in [3.63, 3.8) is 0 Å². The van der Waals surface area contributed by atoms with E-state index in [0.29, 0.717) is 30.9 Å². The fourth-order valence-corrected chi connectivity index (χ4v) is 2.27. The van der Waals surface area contributed by atoms with Crippen LogP contribution in [0.1, 0.15) is 23.0 Å². The number of hydrogen-bond acceptors (Lipinski definition) is 2. The van der Waals surface area contributed by atoms with E-state index in [9.17, 15) is 9.18 Å². The molecule has 1 fully saturated rings. The maximum Gasteiger partial charge on any atom is 0.326 e. The first kappa shape index (κ1) is 6.96. The van der Waals surface area contributed by atoms with Crippen LogP contribution < -0.4 is 11.0 Å². The van der Waals surface area contributed by atoms with E-state index in [0.717, 1.165) is 0 Å². The number of benzene rings is 1. The second kappa shape index (κ2) is 4.00. The van der Waals surface area contributed by atoms with Crippen LogP contribution in [0.3, 0.4) is 0 Å². The molecule has 1 aliphatic rings. The number of aromatic amines is 1. The van der Waals surface area contributed by atoms with Gasteiger partial charge in [-0.05, 0) is 44.1 Å². The molecule has 0 spiro atoms. The molecule has 5 heteroatoms. The summed E-state index contributed by atoms with van der Waals surface area (Å²) < 4.78 is 46.1. The molecular weight excluding hydrogens is 221 g/mol. The zero-order valence-electron chi connectivity index (χ0n) is 13.1. The molecule has 2 heterocycles. The van der Waals surface area contributed by atoms with Gasteiger partial charge in [0.25, 0.3) is 0 Å². The van der Waals surface area contributed by atoms with Crippen molar-refractivity contribution >= 4 is 11.0 Å². The van der Waals surface area contributed by atoms with Crippen LogP contribution in [0.4, 0.5) is 4.39 Å². The van der Waals surface area contributed by atoms with E-state index in [4.69, 9.17) is 5.52 Å². The third-order valence-corrected chi connectivity index (χ3v) is 3.07. The number of imidazole rings is 1. The Kier molecular flexibility index (Phi) is 1.64. The van der Waals surface area contributed by atoms with E-state index >= 15 is 0 Å². The van der Waals surface area contributed by atoms with E-state index in [2.05, 4.69) is 5.32 Å². The van der Waals surface area contributed by atoms with Crippen molar-refractivity contribution in [2.24, 2.45) is 0 Å². The van der Waals surface area contributed by atoms with Crippen molar-refractivity contribution in [1.82, 2.24) is 14.9 Å². The van der Waals surface area contributed by atoms with Gasteiger partial charge in [-0.15, -0.1) is 0 Å². The van der Waals surface area contributed by atoms with Crippen LogP contribution in [0.25, 0.3) is 11.0 Å². The van der Waals surface area contributed by atoms with Crippen LogP contribution in [0.5, 0.6) is 0 Å². The van der Waals surface area contributed by atoms with Gasteiger partial charge in [0.2, 0.25) is 0 Å². The molecule has 1 aromatic carbocycles. The fourth-order valence-electron chi connectivity index (χ4n) is 2.27. The first-order valence-electron chi connectivity index (χ1n) is 7.52. The standard InChI is InChI=1S/C12H14FN3O/c13-8-1-2-10-11(7-8)16(12(17)15-10)9-3-5-14-6-4-9/h1-2,7,9,14H,3-6H2,(H,15,17)/i1D,2D,7D/hD. The number of nitrogens with one attached hydrogen (secondary N) is 2. The molecule has 0 saturated carbocycles. The van der Waals surface area contributed by atoms with Gasteiger partial charge in [0, 0.05) is 6.04 Å². The maximum absolute atomic E-state index is 13.9. The molecule has 0 unspecified atom stereocenters. The Labute approximate surface area is 103 Å². The van der Waals surface area contributed by atoms with E-state index in [1.54, 1.807) is 0 Å². The predicted molar refractivity (Wildman–Crippen MR) is 63.7 cm³/mol. The number of hydrogen-bond donors (Lipinski definition) is 2. The Morgan fingerprint density at radius 1 is 1.47 bits per heavy atom. The minimum Gasteiger partial charge on any atom is -0.317 e. The number of fused-ring (bicyclic) bond motifs is 1. The smallest absolute Gasteiger partial charge is 0.317 e. The fraction of sp³-hybridized carbons (Fsp3) is 0.417. The summed E-state index contributed by atoms with van der Waals surface area (Å²) in [6.07, 6.45) is 1.27. The molecule has 17 heavy (non-hydrogen) atoms. The lowest BCUT2D eigenvalue weighted by Crippen LogP contribution is -2.33. The Balaban J connectivity index is 2.40. The average Bonchev–Trinajstić information content (AvgIpc) is 2.76. The highest BCUT2D eigenvalue weighted by Crippen LogP contribution is 2.22. The van der Waals surface area contributed by atoms with Crippen molar-refractivity contribution in [1.29, 1.82) is 0 Å². The molecule has 0 amide bonds. The number of nitrogens with zero attached hydrogens (tertiary/aromatic N) is 1. The van der Waals surface area contributed by atoms with E-state index < -0.39 is 29.6 Å². The first-order chi connectivity index (χ1) is 9.95. The van der Waals surface area contributed by atoms with Crippen molar-refractivity contribution in [3.8, 4) is 0 Å². The van der Waals surface area contributed by atoms with Crippen LogP contribution in [-0.4, -0.2) is 22.6 Å². The Hall–Kier alpha value is -1.62. The third kappa shape index (κ3) is 1.76. The predicted octanol–water partition coefficient (Wildman–Crippen LogP) is 1.39. The van der Waals surface area contributed by atoms with Crippen LogP contribution >= 0.6 is 0 Å². The molecule has 1 aromatic heterocycles. The number of halogens is 1. The number of rotatable bonds is 1. The summed E-state index contributed by atoms with van der Waals surface area (Å²) in [6, 6.07) is -2.10. The van der Waals surface area contributed by atoms with Crippen LogP contribution in [0, 0.1) is 5.82 Å². The molecule has 4 nitrogen and oxygen atoms in total. The quantitative estimate of drug-likeness (QED) is 0.790. The molecule has 0 radical (unpaired) electrons. The van der Waals surface area contributed by atoms with Crippen molar-refractivity contribution < 1.29 is 9.91 Å². The van der Waals surface area contributed by atoms with Crippen LogP contribution in [0.15, 0.2) is 22.9 Å². The monoisotopic (exact) mass is 239 g/mol. The molecule has 3 rings (SSSR count). The minimum atomic E-state index is -1.12. The van der Waals surface area contributed by atoms with E-state index in [1.807, 2.05) is 0 Å². The molecule has 2 aromatic rings. The maximum atomic E-state index is 13.9. The summed E-state index contributed by atoms with van der Waals surface area (Å²) in [5.74, 6) is -1.12. The zero-order chi connectivity index (χ0) is 15.3. The van der Waals surface area contributed by atoms with E-state index in [1.165, 1.54) is 4.57 Å². The van der Waals surface area contributed by atoms with Gasteiger partial charge in [-0.3, -0.25) is 4.57 Å². The summed E-state index contributed by atoms with van der Waals surface area (Å²) in [5, 5.41) is 3.15. The lowest BCUT2D eigenvalue weighted by Gasteiger charge is -2.23. The largest absolute Gasteiger partial charge is 0.326 e. The van der Waals surface area contributed by atoms with Gasteiger partial charge in [-0.25, -0.2) is 9.18 Å². The topological polar surface area (TPSA) is 49.8 Å². The van der Waals surface area contributed by atoms with Crippen molar-refractivity contribution in [2.45, 2.75) is 18.9 Å². The second-order valence-electron chi connectivity index (χ2n) is 4.13. The molecule has 0 atom stereocenters. The second-order valence-corrected chi connectivity index (χ2v) is 4.13. The first-order valence-corrected chi connectivity index (χ1v) is 5.57. The van der Waals surface area contributed by atoms with Crippen LogP contribution in [0.2, 0.25) is 1.41 Å². The molecule has 1 aliphatic heterocycles. The van der Waals surface area contributed by atoms with E-state index in [-0.39, 0.29) is 17.1 Å². The summed E-state index contributed by atoms with van der Waals surface area (Å²) >= 11 is 0. The zero-order valence-corrected chi connectivity index (χ0v) is 9.09. The Bertz CT molecular complexity index is 779. The van der Waals surface area contributed by atoms with Crippen molar-refractivity contribution in [2.75, 3.05) is 13.1 Å². The van der Waals surface area contributed by atoms with Gasteiger partial charge in [0.1, 0.15) is 5.82 Å². The molecule has 0 aliphatic carbocycles. The SMILES string of the molecule is [2H]c1c(F)c([2H])c2c(c1[2H])n([2H])c(=O)n2C1CCNCC1. The molecule has 0 bridgehead atoms. The van der Waals surface area contributed by atoms with Gasteiger partial charge >= 0.3 is 5.69 Å². The highest BCUT2D eigenvalue weighted by molar-refractivity contribution is 5.75. The number of H-pyrrole nitrogens is 1. The Morgan fingerprint density at radius 3 is 3.00 bits per heavy atom. The summed E-state index contributed by atoms with van der Waals surface area (Å²) in [6.45, 7) is 1.39. The van der Waals surface area contributed by atoms with Gasteiger partial charge < -0.3 is 10.3 Å². The number of piperidine rings is 1. The summed E-state index contributed by atoms with van der Waals surface area (Å²) in [4.78, 5) is 12.8. The third-order valence-electron chi connectivity index (χ3n) is 3.07. The summed E-state index contributed by atoms with van der Waals surface area (Å²) in [5.41, 5.74) is -0.917. The highest BCUT2D eigenvalue weighted by atomic mass is 19.1. The number of aromatic nitrogens is 2. The van der Waals surface area contributed by atoms with Gasteiger partial charge in [0.05, 0.1) is 15.1 Å². The van der Waals surface area contributed by atoms with Gasteiger partial charge in [-0.2, -0.15) is 0 Å². The lowest BCUT2D eigenvalue weighted by molar-refractivity contribution is 0.368. The normalized spacial score (nSPS) is 21.0. The lowest BCUT2D eigenvalue weighted by atomic mass is 10.1. The van der Waals surface area contributed by atoms with Gasteiger partial charge in [-0.1, -0.05) is 0 Å². The minimum absolute atomic E-state index is 0.0552. The summed E-state index contributed by atoms with van der Waals surface area (Å²) in [7, 11) is 0.